The van der Waals surface area contributed by atoms with E-state index in [4.69, 9.17) is 20.4 Å². The highest BCUT2D eigenvalue weighted by Gasteiger charge is 2.26. The summed E-state index contributed by atoms with van der Waals surface area (Å²) >= 11 is 0. The number of hydrogen-bond acceptors (Lipinski definition) is 8. The average molecular weight is 476 g/mol. The standard InChI is InChI=1S/C26H33N7O2/c1-5-20(26(2,3)34)30-25-31-23(28-14-18-12-9-13-19(35-4)21(18)27)22-24(32-25)33(16-29-22)15-17-10-7-6-8-11-17/h6-13,16,20,34H,5,14-15,27H2,1-4H3,(H2,28,30,31,32). The van der Waals surface area contributed by atoms with Crippen LogP contribution in [0.5, 0.6) is 5.75 Å². The Balaban J connectivity index is 1.71. The number of nitrogens with one attached hydrogen (secondary N) is 2. The molecule has 0 spiro atoms. The van der Waals surface area contributed by atoms with Gasteiger partial charge in [-0.25, -0.2) is 4.98 Å². The summed E-state index contributed by atoms with van der Waals surface area (Å²) in [6, 6.07) is 15.6. The Bertz CT molecular complexity index is 1280. The van der Waals surface area contributed by atoms with Crippen LogP contribution in [0.25, 0.3) is 11.2 Å². The van der Waals surface area contributed by atoms with Gasteiger partial charge in [-0.1, -0.05) is 49.4 Å². The van der Waals surface area contributed by atoms with Crippen molar-refractivity contribution >= 4 is 28.6 Å². The number of fused-ring (bicyclic) bond motifs is 1. The SMILES string of the molecule is CCC(Nc1nc(NCc2cccc(OC)c2N)c2ncn(Cc3ccccc3)c2n1)C(C)(C)O. The van der Waals surface area contributed by atoms with E-state index < -0.39 is 5.60 Å². The van der Waals surface area contributed by atoms with E-state index in [1.165, 1.54) is 0 Å². The van der Waals surface area contributed by atoms with Gasteiger partial charge in [-0.15, -0.1) is 0 Å². The molecule has 4 aromatic rings. The van der Waals surface area contributed by atoms with Crippen LogP contribution < -0.4 is 21.1 Å². The van der Waals surface area contributed by atoms with Gasteiger partial charge in [0.05, 0.1) is 37.3 Å². The van der Waals surface area contributed by atoms with Crippen molar-refractivity contribution in [2.75, 3.05) is 23.5 Å². The van der Waals surface area contributed by atoms with Crippen molar-refractivity contribution in [1.29, 1.82) is 0 Å². The van der Waals surface area contributed by atoms with Crippen molar-refractivity contribution in [1.82, 2.24) is 19.5 Å². The van der Waals surface area contributed by atoms with Crippen LogP contribution in [0.4, 0.5) is 17.5 Å². The van der Waals surface area contributed by atoms with Gasteiger partial charge in [-0.05, 0) is 37.5 Å². The first-order valence-corrected chi connectivity index (χ1v) is 11.7. The van der Waals surface area contributed by atoms with Crippen LogP contribution in [0.1, 0.15) is 38.3 Å². The highest BCUT2D eigenvalue weighted by atomic mass is 16.5. The van der Waals surface area contributed by atoms with Crippen LogP contribution in [0.2, 0.25) is 0 Å². The zero-order valence-corrected chi connectivity index (χ0v) is 20.6. The maximum absolute atomic E-state index is 10.6. The van der Waals surface area contributed by atoms with Crippen LogP contribution in [0.3, 0.4) is 0 Å². The number of benzene rings is 2. The molecule has 1 unspecified atom stereocenters. The summed E-state index contributed by atoms with van der Waals surface area (Å²) in [5.74, 6) is 1.63. The lowest BCUT2D eigenvalue weighted by atomic mass is 9.97. The number of hydrogen-bond donors (Lipinski definition) is 4. The first-order valence-electron chi connectivity index (χ1n) is 11.7. The summed E-state index contributed by atoms with van der Waals surface area (Å²) in [6.07, 6.45) is 2.48. The molecule has 0 amide bonds. The normalized spacial score (nSPS) is 12.5. The lowest BCUT2D eigenvalue weighted by Crippen LogP contribution is -2.41. The van der Waals surface area contributed by atoms with Crippen molar-refractivity contribution < 1.29 is 9.84 Å². The molecule has 2 heterocycles. The van der Waals surface area contributed by atoms with Gasteiger partial charge in [-0.2, -0.15) is 9.97 Å². The Morgan fingerprint density at radius 2 is 1.89 bits per heavy atom. The zero-order valence-electron chi connectivity index (χ0n) is 20.6. The first-order chi connectivity index (χ1) is 16.8. The molecule has 35 heavy (non-hydrogen) atoms. The van der Waals surface area contributed by atoms with Gasteiger partial charge in [-0.3, -0.25) is 0 Å². The molecule has 9 nitrogen and oxygen atoms in total. The number of rotatable bonds is 10. The van der Waals surface area contributed by atoms with Gasteiger partial charge in [0.15, 0.2) is 17.0 Å². The molecule has 2 aromatic carbocycles. The van der Waals surface area contributed by atoms with Crippen LogP contribution >= 0.6 is 0 Å². The van der Waals surface area contributed by atoms with Crippen LogP contribution in [-0.4, -0.2) is 43.4 Å². The topological polar surface area (TPSA) is 123 Å². The number of para-hydroxylation sites is 1. The quantitative estimate of drug-likeness (QED) is 0.254. The molecule has 0 aliphatic rings. The number of anilines is 3. The summed E-state index contributed by atoms with van der Waals surface area (Å²) in [6.45, 7) is 6.62. The van der Waals surface area contributed by atoms with Gasteiger partial charge in [0.1, 0.15) is 5.75 Å². The first kappa shape index (κ1) is 24.3. The zero-order chi connectivity index (χ0) is 25.0. The van der Waals surface area contributed by atoms with Crippen LogP contribution in [0.15, 0.2) is 54.9 Å². The molecule has 2 aromatic heterocycles. The fourth-order valence-electron chi connectivity index (χ4n) is 4.06. The molecule has 0 saturated carbocycles. The molecule has 9 heteroatoms. The summed E-state index contributed by atoms with van der Waals surface area (Å²) in [4.78, 5) is 14.1. The summed E-state index contributed by atoms with van der Waals surface area (Å²) < 4.78 is 7.34. The van der Waals surface area contributed by atoms with E-state index in [-0.39, 0.29) is 6.04 Å². The largest absolute Gasteiger partial charge is 0.495 e. The lowest BCUT2D eigenvalue weighted by molar-refractivity contribution is 0.0577. The second-order valence-corrected chi connectivity index (χ2v) is 9.07. The molecule has 0 radical (unpaired) electrons. The third-order valence-corrected chi connectivity index (χ3v) is 6.05. The molecule has 4 rings (SSSR count). The third kappa shape index (κ3) is 5.46. The number of methoxy groups -OCH3 is 1. The van der Waals surface area contributed by atoms with Crippen molar-refractivity contribution in [2.45, 2.75) is 51.9 Å². The van der Waals surface area contributed by atoms with E-state index in [1.807, 2.05) is 47.9 Å². The van der Waals surface area contributed by atoms with Crippen LogP contribution in [-0.2, 0) is 13.1 Å². The van der Waals surface area contributed by atoms with Crippen molar-refractivity contribution in [3.8, 4) is 5.75 Å². The fourth-order valence-corrected chi connectivity index (χ4v) is 4.06. The van der Waals surface area contributed by atoms with Gasteiger partial charge >= 0.3 is 0 Å². The molecular weight excluding hydrogens is 442 g/mol. The number of aromatic nitrogens is 4. The molecule has 0 bridgehead atoms. The van der Waals surface area contributed by atoms with Crippen molar-refractivity contribution in [3.05, 3.63) is 66.0 Å². The fraction of sp³-hybridized carbons (Fsp3) is 0.346. The van der Waals surface area contributed by atoms with Gasteiger partial charge < -0.3 is 30.8 Å². The highest BCUT2D eigenvalue weighted by Crippen LogP contribution is 2.28. The molecule has 1 atom stereocenters. The Hall–Kier alpha value is -3.85. The van der Waals surface area contributed by atoms with E-state index in [1.54, 1.807) is 27.3 Å². The summed E-state index contributed by atoms with van der Waals surface area (Å²) in [7, 11) is 1.60. The van der Waals surface area contributed by atoms with E-state index in [9.17, 15) is 5.11 Å². The van der Waals surface area contributed by atoms with E-state index in [0.717, 1.165) is 11.1 Å². The van der Waals surface area contributed by atoms with E-state index in [2.05, 4.69) is 27.8 Å². The average Bonchev–Trinajstić information content (AvgIpc) is 3.24. The Labute approximate surface area is 205 Å². The van der Waals surface area contributed by atoms with Gasteiger partial charge in [0.2, 0.25) is 5.95 Å². The molecule has 0 aliphatic carbocycles. The van der Waals surface area contributed by atoms with Crippen molar-refractivity contribution in [3.63, 3.8) is 0 Å². The predicted molar refractivity (Wildman–Crippen MR) is 140 cm³/mol. The molecule has 0 saturated heterocycles. The summed E-state index contributed by atoms with van der Waals surface area (Å²) in [5, 5.41) is 17.3. The minimum absolute atomic E-state index is 0.229. The Morgan fingerprint density at radius 3 is 2.57 bits per heavy atom. The lowest BCUT2D eigenvalue weighted by Gasteiger charge is -2.29. The van der Waals surface area contributed by atoms with E-state index in [0.29, 0.717) is 53.9 Å². The minimum Gasteiger partial charge on any atom is -0.495 e. The van der Waals surface area contributed by atoms with Gasteiger partial charge in [0, 0.05) is 6.54 Å². The highest BCUT2D eigenvalue weighted by molar-refractivity contribution is 5.84. The number of ether oxygens (including phenoxy) is 1. The second-order valence-electron chi connectivity index (χ2n) is 9.07. The Morgan fingerprint density at radius 1 is 1.11 bits per heavy atom. The number of imidazole rings is 1. The third-order valence-electron chi connectivity index (χ3n) is 6.05. The number of aliphatic hydroxyl groups is 1. The number of nitrogens with two attached hydrogens (primary N) is 1. The minimum atomic E-state index is -0.944. The molecular formula is C26H33N7O2. The predicted octanol–water partition coefficient (Wildman–Crippen LogP) is 4.04. The number of nitrogens with zero attached hydrogens (tertiary/aromatic N) is 4. The van der Waals surface area contributed by atoms with Gasteiger partial charge in [0.25, 0.3) is 0 Å². The Kier molecular flexibility index (Phi) is 7.07. The molecule has 0 aliphatic heterocycles. The maximum atomic E-state index is 10.6. The second kappa shape index (κ2) is 10.2. The molecule has 0 fully saturated rings. The van der Waals surface area contributed by atoms with Crippen LogP contribution in [0, 0.1) is 0 Å². The maximum Gasteiger partial charge on any atom is 0.227 e. The molecule has 184 valence electrons. The summed E-state index contributed by atoms with van der Waals surface area (Å²) in [5.41, 5.74) is 9.27. The smallest absolute Gasteiger partial charge is 0.227 e. The van der Waals surface area contributed by atoms with E-state index >= 15 is 0 Å². The molecule has 5 N–H and O–H groups in total. The monoisotopic (exact) mass is 475 g/mol. The number of nitrogen functional groups attached to an aromatic ring is 1. The van der Waals surface area contributed by atoms with Crippen molar-refractivity contribution in [2.24, 2.45) is 0 Å².